The molecule has 0 saturated carbocycles. The summed E-state index contributed by atoms with van der Waals surface area (Å²) in [6, 6.07) is 6.28. The van der Waals surface area contributed by atoms with Gasteiger partial charge in [0.2, 0.25) is 11.8 Å². The van der Waals surface area contributed by atoms with Crippen LogP contribution in [-0.2, 0) is 0 Å². The van der Waals surface area contributed by atoms with E-state index in [4.69, 9.17) is 39.5 Å². The number of ether oxygens (including phenoxy) is 1. The Labute approximate surface area is 113 Å². The average molecular weight is 286 g/mol. The van der Waals surface area contributed by atoms with E-state index >= 15 is 0 Å². The van der Waals surface area contributed by atoms with Gasteiger partial charge in [0.25, 0.3) is 0 Å². The fourth-order valence-corrected chi connectivity index (χ4v) is 1.78. The molecular formula is C10H9Cl2N5O. The van der Waals surface area contributed by atoms with Crippen LogP contribution >= 0.6 is 23.2 Å². The third-order valence-electron chi connectivity index (χ3n) is 1.93. The second-order valence-electron chi connectivity index (χ2n) is 3.30. The summed E-state index contributed by atoms with van der Waals surface area (Å²) in [6.45, 7) is 0. The normalized spacial score (nSPS) is 10.2. The molecule has 1 heterocycles. The number of nitrogens with one attached hydrogen (secondary N) is 1. The molecule has 2 aromatic rings. The summed E-state index contributed by atoms with van der Waals surface area (Å²) in [4.78, 5) is 7.73. The molecule has 0 amide bonds. The predicted octanol–water partition coefficient (Wildman–Crippen LogP) is 2.44. The van der Waals surface area contributed by atoms with Crippen LogP contribution in [0.1, 0.15) is 0 Å². The van der Waals surface area contributed by atoms with Gasteiger partial charge < -0.3 is 15.9 Å². The van der Waals surface area contributed by atoms with Gasteiger partial charge in [0.1, 0.15) is 11.6 Å². The van der Waals surface area contributed by atoms with Crippen LogP contribution in [0.3, 0.4) is 0 Å². The third-order valence-corrected chi connectivity index (χ3v) is 2.36. The molecule has 0 aliphatic heterocycles. The molecule has 0 atom stereocenters. The van der Waals surface area contributed by atoms with E-state index in [1.165, 1.54) is 6.07 Å². The summed E-state index contributed by atoms with van der Waals surface area (Å²) in [5.74, 6) is 6.28. The van der Waals surface area contributed by atoms with Crippen LogP contribution in [0.4, 0.5) is 11.8 Å². The molecule has 18 heavy (non-hydrogen) atoms. The van der Waals surface area contributed by atoms with Gasteiger partial charge in [-0.1, -0.05) is 23.2 Å². The summed E-state index contributed by atoms with van der Waals surface area (Å²) < 4.78 is 5.47. The van der Waals surface area contributed by atoms with Crippen molar-refractivity contribution in [1.29, 1.82) is 0 Å². The van der Waals surface area contributed by atoms with Crippen molar-refractivity contribution in [2.24, 2.45) is 5.84 Å². The number of halogens is 2. The number of aromatic nitrogens is 2. The number of rotatable bonds is 3. The topological polar surface area (TPSA) is 99.1 Å². The Balaban J connectivity index is 2.30. The first-order valence-electron chi connectivity index (χ1n) is 4.82. The molecule has 1 aromatic heterocycles. The van der Waals surface area contributed by atoms with Crippen molar-refractivity contribution < 1.29 is 4.74 Å². The highest BCUT2D eigenvalue weighted by molar-refractivity contribution is 6.34. The fourth-order valence-electron chi connectivity index (χ4n) is 1.28. The van der Waals surface area contributed by atoms with Crippen LogP contribution in [0.25, 0.3) is 0 Å². The number of anilines is 2. The minimum atomic E-state index is 0.0357. The molecule has 6 nitrogen and oxygen atoms in total. The molecule has 0 unspecified atom stereocenters. The molecule has 0 saturated heterocycles. The van der Waals surface area contributed by atoms with Gasteiger partial charge in [0.15, 0.2) is 0 Å². The van der Waals surface area contributed by atoms with E-state index < -0.39 is 0 Å². The smallest absolute Gasteiger partial charge is 0.226 e. The monoisotopic (exact) mass is 285 g/mol. The Morgan fingerprint density at radius 3 is 2.33 bits per heavy atom. The van der Waals surface area contributed by atoms with E-state index in [-0.39, 0.29) is 11.8 Å². The molecule has 0 fully saturated rings. The molecule has 0 spiro atoms. The Morgan fingerprint density at radius 2 is 1.72 bits per heavy atom. The molecule has 5 N–H and O–H groups in total. The summed E-state index contributed by atoms with van der Waals surface area (Å²) in [5, 5.41) is 0.911. The highest BCUT2D eigenvalue weighted by atomic mass is 35.5. The number of hydrogen-bond acceptors (Lipinski definition) is 6. The first-order chi connectivity index (χ1) is 8.56. The number of nitrogens with zero attached hydrogens (tertiary/aromatic N) is 2. The first kappa shape index (κ1) is 12.7. The molecule has 0 bridgehead atoms. The summed E-state index contributed by atoms with van der Waals surface area (Å²) in [6.07, 6.45) is 0. The van der Waals surface area contributed by atoms with E-state index in [2.05, 4.69) is 15.4 Å². The minimum absolute atomic E-state index is 0.0357. The fraction of sp³-hybridized carbons (Fsp3) is 0. The number of hydrogen-bond donors (Lipinski definition) is 3. The Hall–Kier alpha value is -1.76. The third kappa shape index (κ3) is 3.13. The second kappa shape index (κ2) is 5.26. The van der Waals surface area contributed by atoms with Gasteiger partial charge in [0.05, 0.1) is 0 Å². The lowest BCUT2D eigenvalue weighted by Crippen LogP contribution is -2.10. The summed E-state index contributed by atoms with van der Waals surface area (Å²) in [5.41, 5.74) is 7.85. The minimum Gasteiger partial charge on any atom is -0.439 e. The molecule has 94 valence electrons. The van der Waals surface area contributed by atoms with Crippen LogP contribution in [0.2, 0.25) is 10.0 Å². The largest absolute Gasteiger partial charge is 0.439 e. The summed E-state index contributed by atoms with van der Waals surface area (Å²) >= 11 is 11.7. The maximum Gasteiger partial charge on any atom is 0.226 e. The lowest BCUT2D eigenvalue weighted by molar-refractivity contribution is 0.463. The van der Waals surface area contributed by atoms with E-state index in [1.54, 1.807) is 18.2 Å². The zero-order chi connectivity index (χ0) is 13.1. The number of benzene rings is 1. The molecule has 0 aliphatic rings. The van der Waals surface area contributed by atoms with Crippen molar-refractivity contribution in [3.63, 3.8) is 0 Å². The van der Waals surface area contributed by atoms with Crippen LogP contribution < -0.4 is 21.7 Å². The SMILES string of the molecule is NNc1cc(Oc2cc(Cl)cc(Cl)c2)nc(N)n1. The van der Waals surface area contributed by atoms with E-state index in [1.807, 2.05) is 0 Å². The van der Waals surface area contributed by atoms with Crippen LogP contribution in [0.5, 0.6) is 11.6 Å². The molecule has 0 aliphatic carbocycles. The maximum atomic E-state index is 5.85. The maximum absolute atomic E-state index is 5.85. The standard InChI is InChI=1S/C10H9Cl2N5O/c11-5-1-6(12)3-7(2-5)18-9-4-8(17-14)15-10(13)16-9/h1-4H,14H2,(H3,13,15,16,17). The second-order valence-corrected chi connectivity index (χ2v) is 4.17. The van der Waals surface area contributed by atoms with Crippen molar-refractivity contribution >= 4 is 35.0 Å². The van der Waals surface area contributed by atoms with Crippen LogP contribution in [0.15, 0.2) is 24.3 Å². The number of nitrogens with two attached hydrogens (primary N) is 2. The van der Waals surface area contributed by atoms with Gasteiger partial charge in [0, 0.05) is 16.1 Å². The number of hydrazine groups is 1. The van der Waals surface area contributed by atoms with Gasteiger partial charge in [-0.3, -0.25) is 0 Å². The molecule has 0 radical (unpaired) electrons. The van der Waals surface area contributed by atoms with Gasteiger partial charge in [-0.25, -0.2) is 5.84 Å². The Bertz CT molecular complexity index is 558. The Kier molecular flexibility index (Phi) is 3.71. The zero-order valence-corrected chi connectivity index (χ0v) is 10.5. The average Bonchev–Trinajstić information content (AvgIpc) is 2.26. The summed E-state index contributed by atoms with van der Waals surface area (Å²) in [7, 11) is 0. The van der Waals surface area contributed by atoms with Gasteiger partial charge >= 0.3 is 0 Å². The van der Waals surface area contributed by atoms with E-state index in [9.17, 15) is 0 Å². The lowest BCUT2D eigenvalue weighted by Gasteiger charge is -2.07. The number of nitrogen functional groups attached to an aromatic ring is 2. The van der Waals surface area contributed by atoms with Crippen LogP contribution in [0, 0.1) is 0 Å². The van der Waals surface area contributed by atoms with Gasteiger partial charge in [-0.2, -0.15) is 9.97 Å². The molecule has 1 aromatic carbocycles. The van der Waals surface area contributed by atoms with E-state index in [0.29, 0.717) is 21.6 Å². The lowest BCUT2D eigenvalue weighted by atomic mass is 10.3. The zero-order valence-electron chi connectivity index (χ0n) is 9.02. The van der Waals surface area contributed by atoms with Crippen molar-refractivity contribution in [2.75, 3.05) is 11.2 Å². The molecule has 8 heteroatoms. The van der Waals surface area contributed by atoms with Crippen molar-refractivity contribution in [3.8, 4) is 11.6 Å². The predicted molar refractivity (Wildman–Crippen MR) is 70.8 cm³/mol. The molecule has 2 rings (SSSR count). The van der Waals surface area contributed by atoms with Crippen molar-refractivity contribution in [3.05, 3.63) is 34.3 Å². The van der Waals surface area contributed by atoms with Gasteiger partial charge in [-0.15, -0.1) is 0 Å². The van der Waals surface area contributed by atoms with Crippen LogP contribution in [-0.4, -0.2) is 9.97 Å². The highest BCUT2D eigenvalue weighted by Crippen LogP contribution is 2.28. The molecular weight excluding hydrogens is 277 g/mol. The van der Waals surface area contributed by atoms with Crippen molar-refractivity contribution in [2.45, 2.75) is 0 Å². The van der Waals surface area contributed by atoms with Gasteiger partial charge in [-0.05, 0) is 18.2 Å². The van der Waals surface area contributed by atoms with Crippen molar-refractivity contribution in [1.82, 2.24) is 9.97 Å². The highest BCUT2D eigenvalue weighted by Gasteiger charge is 2.05. The quantitative estimate of drug-likeness (QED) is 0.592. The Morgan fingerprint density at radius 1 is 1.06 bits per heavy atom. The first-order valence-corrected chi connectivity index (χ1v) is 5.57. The van der Waals surface area contributed by atoms with E-state index in [0.717, 1.165) is 0 Å².